The van der Waals surface area contributed by atoms with Crippen LogP contribution in [0.3, 0.4) is 0 Å². The van der Waals surface area contributed by atoms with Crippen molar-refractivity contribution < 1.29 is 13.2 Å². The van der Waals surface area contributed by atoms with Crippen LogP contribution in [0.1, 0.15) is 5.56 Å². The molecule has 148 valence electrons. The highest BCUT2D eigenvalue weighted by molar-refractivity contribution is 7.89. The predicted molar refractivity (Wildman–Crippen MR) is 113 cm³/mol. The molecule has 6 nitrogen and oxygen atoms in total. The molecule has 0 aromatic heterocycles. The number of para-hydroxylation sites is 1. The first-order valence-corrected chi connectivity index (χ1v) is 10.9. The quantitative estimate of drug-likeness (QED) is 0.723. The topological polar surface area (TPSA) is 69.7 Å². The van der Waals surface area contributed by atoms with Crippen LogP contribution in [0.5, 0.6) is 0 Å². The lowest BCUT2D eigenvalue weighted by molar-refractivity contribution is -0.116. The lowest BCUT2D eigenvalue weighted by atomic mass is 10.2. The highest BCUT2D eigenvalue weighted by Crippen LogP contribution is 2.17. The number of hydrogen-bond donors (Lipinski definition) is 1. The number of carbonyl (C=O) groups is 1. The molecule has 2 aromatic carbocycles. The van der Waals surface area contributed by atoms with Gasteiger partial charge in [-0.2, -0.15) is 4.31 Å². The van der Waals surface area contributed by atoms with E-state index in [9.17, 15) is 13.2 Å². The highest BCUT2D eigenvalue weighted by Gasteiger charge is 2.26. The minimum Gasteiger partial charge on any atom is -0.369 e. The SMILES string of the molecule is O=C(/C=C/c1ccccc1)NCCS(=O)(=O)N1CCN(c2ccccc2)CC1. The van der Waals surface area contributed by atoms with Gasteiger partial charge in [0.25, 0.3) is 0 Å². The van der Waals surface area contributed by atoms with Crippen LogP contribution in [0.15, 0.2) is 66.7 Å². The first-order valence-electron chi connectivity index (χ1n) is 9.33. The molecule has 1 amide bonds. The average molecular weight is 400 g/mol. The van der Waals surface area contributed by atoms with Crippen LogP contribution in [0.25, 0.3) is 6.08 Å². The van der Waals surface area contributed by atoms with Crippen LogP contribution in [-0.2, 0) is 14.8 Å². The molecule has 1 fully saturated rings. The lowest BCUT2D eigenvalue weighted by Crippen LogP contribution is -2.50. The van der Waals surface area contributed by atoms with Gasteiger partial charge >= 0.3 is 0 Å². The summed E-state index contributed by atoms with van der Waals surface area (Å²) in [5.41, 5.74) is 2.03. The average Bonchev–Trinajstić information content (AvgIpc) is 2.74. The summed E-state index contributed by atoms with van der Waals surface area (Å²) in [6.07, 6.45) is 3.12. The van der Waals surface area contributed by atoms with E-state index in [1.54, 1.807) is 6.08 Å². The summed E-state index contributed by atoms with van der Waals surface area (Å²) >= 11 is 0. The molecule has 7 heteroatoms. The normalized spacial score (nSPS) is 15.6. The second-order valence-corrected chi connectivity index (χ2v) is 8.66. The molecular formula is C21H25N3O3S. The Balaban J connectivity index is 1.43. The van der Waals surface area contributed by atoms with E-state index in [4.69, 9.17) is 0 Å². The zero-order valence-corrected chi connectivity index (χ0v) is 16.5. The third-order valence-corrected chi connectivity index (χ3v) is 6.51. The zero-order chi connectivity index (χ0) is 19.8. The van der Waals surface area contributed by atoms with Gasteiger partial charge in [0.05, 0.1) is 5.75 Å². The van der Waals surface area contributed by atoms with Crippen molar-refractivity contribution in [1.82, 2.24) is 9.62 Å². The van der Waals surface area contributed by atoms with Crippen LogP contribution in [-0.4, -0.2) is 57.1 Å². The summed E-state index contributed by atoms with van der Waals surface area (Å²) in [7, 11) is -3.38. The van der Waals surface area contributed by atoms with Crippen molar-refractivity contribution in [3.8, 4) is 0 Å². The minimum absolute atomic E-state index is 0.0940. The lowest BCUT2D eigenvalue weighted by Gasteiger charge is -2.35. The molecule has 1 aliphatic rings. The Bertz CT molecular complexity index is 891. The Kier molecular flexibility index (Phi) is 6.84. The number of rotatable bonds is 7. The van der Waals surface area contributed by atoms with Gasteiger partial charge in [-0.05, 0) is 23.8 Å². The monoisotopic (exact) mass is 399 g/mol. The van der Waals surface area contributed by atoms with Gasteiger partial charge in [0, 0.05) is 44.5 Å². The van der Waals surface area contributed by atoms with Crippen molar-refractivity contribution in [3.05, 3.63) is 72.3 Å². The molecule has 1 N–H and O–H groups in total. The van der Waals surface area contributed by atoms with Gasteiger partial charge in [0.1, 0.15) is 0 Å². The molecule has 2 aromatic rings. The second kappa shape index (κ2) is 9.52. The van der Waals surface area contributed by atoms with Crippen molar-refractivity contribution in [1.29, 1.82) is 0 Å². The molecule has 0 radical (unpaired) electrons. The fraction of sp³-hybridized carbons (Fsp3) is 0.286. The van der Waals surface area contributed by atoms with Crippen molar-refractivity contribution in [2.75, 3.05) is 43.4 Å². The maximum Gasteiger partial charge on any atom is 0.244 e. The predicted octanol–water partition coefficient (Wildman–Crippen LogP) is 1.97. The molecule has 1 heterocycles. The smallest absolute Gasteiger partial charge is 0.244 e. The summed E-state index contributed by atoms with van der Waals surface area (Å²) in [6.45, 7) is 2.34. The fourth-order valence-electron chi connectivity index (χ4n) is 3.09. The third-order valence-electron chi connectivity index (χ3n) is 4.64. The standard InChI is InChI=1S/C21H25N3O3S/c25-21(12-11-19-7-3-1-4-8-19)22-13-18-28(26,27)24-16-14-23(15-17-24)20-9-5-2-6-10-20/h1-12H,13-18H2,(H,22,25)/b12-11+. The van der Waals surface area contributed by atoms with E-state index in [1.165, 1.54) is 10.4 Å². The Labute approximate surface area is 166 Å². The Morgan fingerprint density at radius 2 is 1.54 bits per heavy atom. The molecule has 0 atom stereocenters. The fourth-order valence-corrected chi connectivity index (χ4v) is 4.43. The largest absolute Gasteiger partial charge is 0.369 e. The number of nitrogens with zero attached hydrogens (tertiary/aromatic N) is 2. The van der Waals surface area contributed by atoms with Gasteiger partial charge in [0.2, 0.25) is 15.9 Å². The molecule has 3 rings (SSSR count). The van der Waals surface area contributed by atoms with Crippen LogP contribution in [0.4, 0.5) is 5.69 Å². The van der Waals surface area contributed by atoms with Crippen molar-refractivity contribution in [2.24, 2.45) is 0 Å². The number of piperazine rings is 1. The Morgan fingerprint density at radius 3 is 2.18 bits per heavy atom. The van der Waals surface area contributed by atoms with Crippen LogP contribution in [0, 0.1) is 0 Å². The van der Waals surface area contributed by atoms with E-state index >= 15 is 0 Å². The van der Waals surface area contributed by atoms with Gasteiger partial charge in [0.15, 0.2) is 0 Å². The summed E-state index contributed by atoms with van der Waals surface area (Å²) in [4.78, 5) is 14.0. The van der Waals surface area contributed by atoms with E-state index in [1.807, 2.05) is 60.7 Å². The summed E-state index contributed by atoms with van der Waals surface area (Å²) in [5.74, 6) is -0.392. The van der Waals surface area contributed by atoms with Crippen LogP contribution >= 0.6 is 0 Å². The molecule has 0 bridgehead atoms. The van der Waals surface area contributed by atoms with Crippen LogP contribution < -0.4 is 10.2 Å². The van der Waals surface area contributed by atoms with E-state index in [0.717, 1.165) is 11.3 Å². The van der Waals surface area contributed by atoms with Crippen molar-refractivity contribution in [3.63, 3.8) is 0 Å². The zero-order valence-electron chi connectivity index (χ0n) is 15.7. The number of amides is 1. The number of benzene rings is 2. The van der Waals surface area contributed by atoms with Crippen molar-refractivity contribution >= 4 is 27.7 Å². The van der Waals surface area contributed by atoms with E-state index in [0.29, 0.717) is 26.2 Å². The number of hydrogen-bond acceptors (Lipinski definition) is 4. The van der Waals surface area contributed by atoms with Gasteiger partial charge in [-0.3, -0.25) is 4.79 Å². The van der Waals surface area contributed by atoms with Gasteiger partial charge in [-0.1, -0.05) is 48.5 Å². The molecule has 1 aliphatic heterocycles. The first-order chi connectivity index (χ1) is 13.5. The third kappa shape index (κ3) is 5.68. The summed E-state index contributed by atoms with van der Waals surface area (Å²) in [6, 6.07) is 19.5. The molecule has 0 unspecified atom stereocenters. The van der Waals surface area contributed by atoms with Crippen LogP contribution in [0.2, 0.25) is 0 Å². The first kappa shape index (κ1) is 20.1. The molecule has 0 spiro atoms. The highest BCUT2D eigenvalue weighted by atomic mass is 32.2. The van der Waals surface area contributed by atoms with E-state index in [2.05, 4.69) is 10.2 Å². The molecule has 0 aliphatic carbocycles. The summed E-state index contributed by atoms with van der Waals surface area (Å²) < 4.78 is 26.6. The Morgan fingerprint density at radius 1 is 0.929 bits per heavy atom. The maximum atomic E-state index is 12.5. The number of sulfonamides is 1. The van der Waals surface area contributed by atoms with Gasteiger partial charge in [-0.25, -0.2) is 8.42 Å². The Hall–Kier alpha value is -2.64. The molecular weight excluding hydrogens is 374 g/mol. The number of anilines is 1. The molecule has 0 saturated carbocycles. The van der Waals surface area contributed by atoms with E-state index in [-0.39, 0.29) is 18.2 Å². The number of nitrogens with one attached hydrogen (secondary N) is 1. The summed E-state index contributed by atoms with van der Waals surface area (Å²) in [5, 5.41) is 2.64. The van der Waals surface area contributed by atoms with Crippen molar-refractivity contribution in [2.45, 2.75) is 0 Å². The minimum atomic E-state index is -3.38. The molecule has 28 heavy (non-hydrogen) atoms. The number of carbonyl (C=O) groups excluding carboxylic acids is 1. The maximum absolute atomic E-state index is 12.5. The van der Waals surface area contributed by atoms with E-state index < -0.39 is 10.0 Å². The molecule has 1 saturated heterocycles. The van der Waals surface area contributed by atoms with Gasteiger partial charge in [-0.15, -0.1) is 0 Å². The van der Waals surface area contributed by atoms with Gasteiger partial charge < -0.3 is 10.2 Å². The second-order valence-electron chi connectivity index (χ2n) is 6.57.